The molecular weight excluding hydrogens is 242 g/mol. The Hall–Kier alpha value is -2.24. The number of pyridine rings is 1. The standard InChI is InChI=1S/C13H17N5O/c1-10-4-3-6-14-13(10)11(2)17-12(19)5-7-18-8-15-16-9-18/h3-4,6,8-9,11H,5,7H2,1-2H3,(H,17,19). The minimum Gasteiger partial charge on any atom is -0.348 e. The maximum atomic E-state index is 11.8. The molecule has 0 aliphatic carbocycles. The summed E-state index contributed by atoms with van der Waals surface area (Å²) < 4.78 is 1.77. The summed E-state index contributed by atoms with van der Waals surface area (Å²) in [5, 5.41) is 10.3. The fourth-order valence-corrected chi connectivity index (χ4v) is 1.90. The Labute approximate surface area is 111 Å². The van der Waals surface area contributed by atoms with Crippen LogP contribution in [0.25, 0.3) is 0 Å². The Kier molecular flexibility index (Phi) is 4.22. The Morgan fingerprint density at radius 2 is 2.16 bits per heavy atom. The number of rotatable bonds is 5. The molecule has 0 saturated carbocycles. The second kappa shape index (κ2) is 6.08. The largest absolute Gasteiger partial charge is 0.348 e. The van der Waals surface area contributed by atoms with Crippen LogP contribution in [0.2, 0.25) is 0 Å². The van der Waals surface area contributed by atoms with Gasteiger partial charge in [-0.05, 0) is 25.5 Å². The minimum atomic E-state index is -0.0883. The molecule has 0 bridgehead atoms. The van der Waals surface area contributed by atoms with Crippen LogP contribution in [0.15, 0.2) is 31.0 Å². The fraction of sp³-hybridized carbons (Fsp3) is 0.385. The van der Waals surface area contributed by atoms with E-state index in [-0.39, 0.29) is 11.9 Å². The number of aryl methyl sites for hydroxylation is 2. The first kappa shape index (κ1) is 13.2. The quantitative estimate of drug-likeness (QED) is 0.877. The lowest BCUT2D eigenvalue weighted by atomic mass is 10.1. The lowest BCUT2D eigenvalue weighted by Gasteiger charge is -2.15. The van der Waals surface area contributed by atoms with Gasteiger partial charge in [0.2, 0.25) is 5.91 Å². The van der Waals surface area contributed by atoms with Crippen LogP contribution < -0.4 is 5.32 Å². The van der Waals surface area contributed by atoms with Gasteiger partial charge >= 0.3 is 0 Å². The van der Waals surface area contributed by atoms with E-state index < -0.39 is 0 Å². The molecule has 0 aliphatic heterocycles. The van der Waals surface area contributed by atoms with E-state index in [1.807, 2.05) is 26.0 Å². The fourth-order valence-electron chi connectivity index (χ4n) is 1.90. The Bertz CT molecular complexity index is 538. The number of carbonyl (C=O) groups excluding carboxylic acids is 1. The van der Waals surface area contributed by atoms with Gasteiger partial charge in [0.1, 0.15) is 12.7 Å². The number of carbonyl (C=O) groups is 1. The molecule has 100 valence electrons. The third kappa shape index (κ3) is 3.61. The van der Waals surface area contributed by atoms with Crippen LogP contribution >= 0.6 is 0 Å². The molecule has 1 N–H and O–H groups in total. The van der Waals surface area contributed by atoms with Crippen LogP contribution in [-0.2, 0) is 11.3 Å². The van der Waals surface area contributed by atoms with Crippen LogP contribution in [0.1, 0.15) is 30.6 Å². The average Bonchev–Trinajstić information content (AvgIpc) is 2.90. The van der Waals surface area contributed by atoms with Crippen LogP contribution in [-0.4, -0.2) is 25.7 Å². The highest BCUT2D eigenvalue weighted by Crippen LogP contribution is 2.13. The molecule has 0 aromatic carbocycles. The molecule has 1 atom stereocenters. The van der Waals surface area contributed by atoms with E-state index in [4.69, 9.17) is 0 Å². The van der Waals surface area contributed by atoms with E-state index >= 15 is 0 Å². The highest BCUT2D eigenvalue weighted by molar-refractivity contribution is 5.76. The molecule has 0 fully saturated rings. The van der Waals surface area contributed by atoms with Crippen molar-refractivity contribution < 1.29 is 4.79 Å². The van der Waals surface area contributed by atoms with Crippen molar-refractivity contribution in [3.05, 3.63) is 42.2 Å². The summed E-state index contributed by atoms with van der Waals surface area (Å²) in [7, 11) is 0. The van der Waals surface area contributed by atoms with Gasteiger partial charge < -0.3 is 9.88 Å². The molecular formula is C13H17N5O. The molecule has 19 heavy (non-hydrogen) atoms. The van der Waals surface area contributed by atoms with Crippen LogP contribution in [0.5, 0.6) is 0 Å². The first-order valence-electron chi connectivity index (χ1n) is 6.20. The first-order valence-corrected chi connectivity index (χ1v) is 6.20. The van der Waals surface area contributed by atoms with Crippen molar-refractivity contribution in [2.45, 2.75) is 32.9 Å². The molecule has 2 rings (SSSR count). The molecule has 0 radical (unpaired) electrons. The molecule has 1 amide bonds. The molecule has 0 aliphatic rings. The van der Waals surface area contributed by atoms with Gasteiger partial charge in [-0.1, -0.05) is 6.07 Å². The predicted molar refractivity (Wildman–Crippen MR) is 70.2 cm³/mol. The number of nitrogens with zero attached hydrogens (tertiary/aromatic N) is 4. The smallest absolute Gasteiger partial charge is 0.222 e. The zero-order valence-electron chi connectivity index (χ0n) is 11.1. The molecule has 6 nitrogen and oxygen atoms in total. The zero-order chi connectivity index (χ0) is 13.7. The number of hydrogen-bond donors (Lipinski definition) is 1. The van der Waals surface area contributed by atoms with E-state index in [1.165, 1.54) is 0 Å². The average molecular weight is 259 g/mol. The van der Waals surface area contributed by atoms with E-state index in [0.717, 1.165) is 11.3 Å². The van der Waals surface area contributed by atoms with Crippen molar-refractivity contribution in [1.82, 2.24) is 25.1 Å². The highest BCUT2D eigenvalue weighted by Gasteiger charge is 2.12. The maximum absolute atomic E-state index is 11.8. The lowest BCUT2D eigenvalue weighted by Crippen LogP contribution is -2.28. The molecule has 0 spiro atoms. The van der Waals surface area contributed by atoms with Crippen molar-refractivity contribution >= 4 is 5.91 Å². The van der Waals surface area contributed by atoms with E-state index in [1.54, 1.807) is 23.4 Å². The van der Waals surface area contributed by atoms with Gasteiger partial charge in [-0.3, -0.25) is 9.78 Å². The predicted octanol–water partition coefficient (Wildman–Crippen LogP) is 1.25. The Morgan fingerprint density at radius 1 is 1.42 bits per heavy atom. The van der Waals surface area contributed by atoms with Crippen molar-refractivity contribution in [3.63, 3.8) is 0 Å². The summed E-state index contributed by atoms with van der Waals surface area (Å²) in [6.45, 7) is 4.50. The highest BCUT2D eigenvalue weighted by atomic mass is 16.1. The van der Waals surface area contributed by atoms with Crippen molar-refractivity contribution in [2.24, 2.45) is 0 Å². The van der Waals surface area contributed by atoms with Gasteiger partial charge in [-0.2, -0.15) is 0 Å². The molecule has 0 saturated heterocycles. The van der Waals surface area contributed by atoms with Gasteiger partial charge in [-0.25, -0.2) is 0 Å². The second-order valence-corrected chi connectivity index (χ2v) is 4.44. The van der Waals surface area contributed by atoms with E-state index in [2.05, 4.69) is 20.5 Å². The Morgan fingerprint density at radius 3 is 2.84 bits per heavy atom. The number of amides is 1. The summed E-state index contributed by atoms with van der Waals surface area (Å²) in [6.07, 6.45) is 5.33. The van der Waals surface area contributed by atoms with Gasteiger partial charge in [0.05, 0.1) is 11.7 Å². The monoisotopic (exact) mass is 259 g/mol. The summed E-state index contributed by atoms with van der Waals surface area (Å²) in [5.74, 6) is -0.00810. The second-order valence-electron chi connectivity index (χ2n) is 4.44. The normalized spacial score (nSPS) is 12.1. The van der Waals surface area contributed by atoms with Crippen LogP contribution in [0, 0.1) is 6.92 Å². The van der Waals surface area contributed by atoms with E-state index in [0.29, 0.717) is 13.0 Å². The van der Waals surface area contributed by atoms with Gasteiger partial charge in [0.25, 0.3) is 0 Å². The number of aromatic nitrogens is 4. The Balaban J connectivity index is 1.87. The summed E-state index contributed by atoms with van der Waals surface area (Å²) in [5.41, 5.74) is 1.98. The third-order valence-corrected chi connectivity index (χ3v) is 2.90. The first-order chi connectivity index (χ1) is 9.16. The van der Waals surface area contributed by atoms with Gasteiger partial charge in [0.15, 0.2) is 0 Å². The summed E-state index contributed by atoms with van der Waals surface area (Å²) in [6, 6.07) is 3.79. The summed E-state index contributed by atoms with van der Waals surface area (Å²) >= 11 is 0. The number of nitrogens with one attached hydrogen (secondary N) is 1. The molecule has 6 heteroatoms. The van der Waals surface area contributed by atoms with E-state index in [9.17, 15) is 4.79 Å². The van der Waals surface area contributed by atoms with Gasteiger partial charge in [0, 0.05) is 19.2 Å². The molecule has 1 unspecified atom stereocenters. The molecule has 2 aromatic heterocycles. The topological polar surface area (TPSA) is 72.7 Å². The van der Waals surface area contributed by atoms with Crippen LogP contribution in [0.4, 0.5) is 0 Å². The maximum Gasteiger partial charge on any atom is 0.222 e. The van der Waals surface area contributed by atoms with Crippen molar-refractivity contribution in [3.8, 4) is 0 Å². The van der Waals surface area contributed by atoms with Crippen molar-refractivity contribution in [2.75, 3.05) is 0 Å². The summed E-state index contributed by atoms with van der Waals surface area (Å²) in [4.78, 5) is 16.1. The zero-order valence-corrected chi connectivity index (χ0v) is 11.1. The number of hydrogen-bond acceptors (Lipinski definition) is 4. The SMILES string of the molecule is Cc1cccnc1C(C)NC(=O)CCn1cnnc1. The molecule has 2 aromatic rings. The minimum absolute atomic E-state index is 0.00810. The van der Waals surface area contributed by atoms with Crippen molar-refractivity contribution in [1.29, 1.82) is 0 Å². The third-order valence-electron chi connectivity index (χ3n) is 2.90. The molecule has 2 heterocycles. The van der Waals surface area contributed by atoms with Gasteiger partial charge in [-0.15, -0.1) is 10.2 Å². The lowest BCUT2D eigenvalue weighted by molar-refractivity contribution is -0.122. The van der Waals surface area contributed by atoms with Crippen LogP contribution in [0.3, 0.4) is 0 Å².